The van der Waals surface area contributed by atoms with Crippen LogP contribution in [0, 0.1) is 0 Å². The summed E-state index contributed by atoms with van der Waals surface area (Å²) in [6, 6.07) is 0.275. The van der Waals surface area contributed by atoms with Crippen LogP contribution in [0.4, 0.5) is 4.48 Å². The summed E-state index contributed by atoms with van der Waals surface area (Å²) in [5.74, 6) is 0. The van der Waals surface area contributed by atoms with Gasteiger partial charge in [0.1, 0.15) is 15.7 Å². The zero-order valence-corrected chi connectivity index (χ0v) is 18.4. The number of hydrazine groups is 1. The molecule has 1 aliphatic heterocycles. The molecule has 0 radical (unpaired) electrons. The van der Waals surface area contributed by atoms with Crippen LogP contribution in [0.25, 0.3) is 0 Å². The Kier molecular flexibility index (Phi) is 6.35. The highest BCUT2D eigenvalue weighted by Crippen LogP contribution is 2.48. The smallest absolute Gasteiger partial charge is 0.145 e. The van der Waals surface area contributed by atoms with Crippen LogP contribution in [0.5, 0.6) is 0 Å². The SMILES string of the molecule is BC(S)(N(C(C)C)C(C)S)C(B)(S)N(C)N1CCN(F)CC12CC2. The first kappa shape index (κ1) is 21.3. The fourth-order valence-electron chi connectivity index (χ4n) is 4.03. The molecule has 1 saturated carbocycles. The van der Waals surface area contributed by atoms with Crippen molar-refractivity contribution in [2.75, 3.05) is 26.7 Å². The zero-order valence-electron chi connectivity index (χ0n) is 15.7. The van der Waals surface area contributed by atoms with Gasteiger partial charge in [-0.05, 0) is 33.6 Å². The van der Waals surface area contributed by atoms with Crippen LogP contribution in [0.1, 0.15) is 33.6 Å². The number of halogens is 1. The fourth-order valence-corrected chi connectivity index (χ4v) is 5.39. The molecule has 0 bridgehead atoms. The number of hydrogen-bond donors (Lipinski definition) is 3. The Labute approximate surface area is 164 Å². The highest BCUT2D eigenvalue weighted by molar-refractivity contribution is 7.88. The fraction of sp³-hybridized carbons (Fsp3) is 1.00. The molecule has 1 saturated heterocycles. The standard InChI is InChI=1S/C14H31B2FN4S3/c1-10(2)21(11(3)22)14(16,24)13(15,23)18(4)20-8-7-19(17)9-12(20)5-6-12/h10-11,22-24H,5-9,15-16H2,1-4H3. The molecule has 1 heterocycles. The van der Waals surface area contributed by atoms with Crippen molar-refractivity contribution in [1.29, 1.82) is 0 Å². The predicted octanol–water partition coefficient (Wildman–Crippen LogP) is 0.287. The van der Waals surface area contributed by atoms with Crippen molar-refractivity contribution in [3.63, 3.8) is 0 Å². The van der Waals surface area contributed by atoms with Crippen molar-refractivity contribution in [2.45, 2.75) is 60.1 Å². The van der Waals surface area contributed by atoms with E-state index in [9.17, 15) is 4.48 Å². The van der Waals surface area contributed by atoms with E-state index in [0.717, 1.165) is 18.0 Å². The molecule has 2 fully saturated rings. The van der Waals surface area contributed by atoms with E-state index in [1.165, 1.54) is 0 Å². The van der Waals surface area contributed by atoms with Crippen molar-refractivity contribution < 1.29 is 4.48 Å². The van der Waals surface area contributed by atoms with Gasteiger partial charge in [-0.15, -0.1) is 9.60 Å². The summed E-state index contributed by atoms with van der Waals surface area (Å²) in [5.41, 5.74) is -0.0785. The Balaban J connectivity index is 2.27. The molecule has 0 aromatic rings. The zero-order chi connectivity index (χ0) is 18.5. The Morgan fingerprint density at radius 1 is 1.12 bits per heavy atom. The van der Waals surface area contributed by atoms with Crippen LogP contribution in [-0.2, 0) is 0 Å². The number of piperazine rings is 1. The molecule has 4 nitrogen and oxygen atoms in total. The molecule has 0 amide bonds. The monoisotopic (exact) mass is 392 g/mol. The summed E-state index contributed by atoms with van der Waals surface area (Å²) < 4.78 is 12.7. The lowest BCUT2D eigenvalue weighted by molar-refractivity contribution is -0.153. The highest BCUT2D eigenvalue weighted by atomic mass is 32.1. The van der Waals surface area contributed by atoms with Crippen LogP contribution >= 0.6 is 37.9 Å². The van der Waals surface area contributed by atoms with Crippen LogP contribution in [0.2, 0.25) is 0 Å². The maximum atomic E-state index is 13.8. The third kappa shape index (κ3) is 3.66. The lowest BCUT2D eigenvalue weighted by Gasteiger charge is -2.58. The average Bonchev–Trinajstić information content (AvgIpc) is 3.16. The minimum Gasteiger partial charge on any atom is -0.281 e. The van der Waals surface area contributed by atoms with E-state index < -0.39 is 9.54 Å². The number of nitrogens with zero attached hydrogens (tertiary/aromatic N) is 4. The molecule has 1 aliphatic carbocycles. The highest BCUT2D eigenvalue weighted by Gasteiger charge is 2.57. The summed E-state index contributed by atoms with van der Waals surface area (Å²) in [5, 5.41) is 5.48. The van der Waals surface area contributed by atoms with E-state index in [4.69, 9.17) is 25.3 Å². The average molecular weight is 392 g/mol. The van der Waals surface area contributed by atoms with Gasteiger partial charge in [-0.25, -0.2) is 10.0 Å². The molecule has 2 rings (SSSR count). The van der Waals surface area contributed by atoms with Gasteiger partial charge in [0, 0.05) is 32.7 Å². The van der Waals surface area contributed by atoms with Crippen LogP contribution in [-0.4, -0.2) is 88.9 Å². The molecule has 0 N–H and O–H groups in total. The molecule has 0 aromatic carbocycles. The van der Waals surface area contributed by atoms with E-state index in [0.29, 0.717) is 19.6 Å². The van der Waals surface area contributed by atoms with Crippen molar-refractivity contribution in [3.8, 4) is 0 Å². The van der Waals surface area contributed by atoms with E-state index in [-0.39, 0.29) is 17.0 Å². The third-order valence-corrected chi connectivity index (χ3v) is 7.56. The van der Waals surface area contributed by atoms with Crippen molar-refractivity contribution >= 4 is 53.6 Å². The number of rotatable bonds is 6. The Hall–Kier alpha value is 0.950. The molecule has 138 valence electrons. The largest absolute Gasteiger partial charge is 0.281 e. The Morgan fingerprint density at radius 3 is 2.08 bits per heavy atom. The van der Waals surface area contributed by atoms with Gasteiger partial charge in [0.2, 0.25) is 0 Å². The minimum absolute atomic E-state index is 0.0462. The second kappa shape index (κ2) is 7.17. The number of hydrogen-bond acceptors (Lipinski definition) is 7. The first-order valence-electron chi connectivity index (χ1n) is 8.70. The molecule has 0 aromatic heterocycles. The van der Waals surface area contributed by atoms with E-state index in [1.807, 2.05) is 0 Å². The molecule has 1 spiro atoms. The van der Waals surface area contributed by atoms with E-state index >= 15 is 0 Å². The van der Waals surface area contributed by atoms with Gasteiger partial charge in [-0.3, -0.25) is 4.90 Å². The van der Waals surface area contributed by atoms with Crippen LogP contribution in [0.3, 0.4) is 0 Å². The van der Waals surface area contributed by atoms with Crippen LogP contribution < -0.4 is 0 Å². The number of likely N-dealkylation sites (N-methyl/N-ethyl adjacent to an activating group) is 1. The van der Waals surface area contributed by atoms with Crippen molar-refractivity contribution in [2.24, 2.45) is 0 Å². The van der Waals surface area contributed by atoms with Gasteiger partial charge in [0.05, 0.1) is 20.5 Å². The summed E-state index contributed by atoms with van der Waals surface area (Å²) in [6.07, 6.45) is 2.06. The lowest BCUT2D eigenvalue weighted by atomic mass is 9.73. The first-order valence-corrected chi connectivity index (χ1v) is 10.1. The molecule has 10 heteroatoms. The Bertz CT molecular complexity index is 455. The third-order valence-electron chi connectivity index (χ3n) is 5.75. The first-order chi connectivity index (χ1) is 10.9. The normalized spacial score (nSPS) is 28.3. The van der Waals surface area contributed by atoms with Gasteiger partial charge in [0.15, 0.2) is 0 Å². The topological polar surface area (TPSA) is 13.0 Å². The summed E-state index contributed by atoms with van der Waals surface area (Å²) >= 11 is 14.8. The van der Waals surface area contributed by atoms with Crippen molar-refractivity contribution in [1.82, 2.24) is 20.0 Å². The summed E-state index contributed by atoms with van der Waals surface area (Å²) in [6.45, 7) is 7.93. The quantitative estimate of drug-likeness (QED) is 0.260. The summed E-state index contributed by atoms with van der Waals surface area (Å²) in [4.78, 5) is 2.26. The molecule has 2 aliphatic rings. The summed E-state index contributed by atoms with van der Waals surface area (Å²) in [7, 11) is 6.24. The molecule has 24 heavy (non-hydrogen) atoms. The second-order valence-electron chi connectivity index (χ2n) is 7.89. The molecular weight excluding hydrogens is 361 g/mol. The van der Waals surface area contributed by atoms with Crippen LogP contribution in [0.15, 0.2) is 0 Å². The van der Waals surface area contributed by atoms with E-state index in [2.05, 4.69) is 71.1 Å². The maximum Gasteiger partial charge on any atom is 0.145 e. The van der Waals surface area contributed by atoms with Gasteiger partial charge >= 0.3 is 0 Å². The molecular formula is C14H31B2FN4S3. The van der Waals surface area contributed by atoms with Gasteiger partial charge < -0.3 is 0 Å². The lowest BCUT2D eigenvalue weighted by Crippen LogP contribution is -2.73. The predicted molar refractivity (Wildman–Crippen MR) is 115 cm³/mol. The Morgan fingerprint density at radius 2 is 1.67 bits per heavy atom. The van der Waals surface area contributed by atoms with E-state index in [1.54, 1.807) is 0 Å². The van der Waals surface area contributed by atoms with Crippen molar-refractivity contribution in [3.05, 3.63) is 0 Å². The number of thiol groups is 3. The maximum absolute atomic E-state index is 13.8. The van der Waals surface area contributed by atoms with Gasteiger partial charge in [0.25, 0.3) is 0 Å². The van der Waals surface area contributed by atoms with Gasteiger partial charge in [-0.1, -0.05) is 0 Å². The molecule has 3 unspecified atom stereocenters. The molecule has 3 atom stereocenters. The second-order valence-corrected chi connectivity index (χ2v) is 10.4. The minimum atomic E-state index is -0.564. The van der Waals surface area contributed by atoms with Gasteiger partial charge in [-0.2, -0.15) is 37.9 Å².